The minimum atomic E-state index is -0.474. The van der Waals surface area contributed by atoms with Gasteiger partial charge in [0.1, 0.15) is 13.2 Å². The molecule has 0 spiro atoms. The van der Waals surface area contributed by atoms with Crippen LogP contribution in [0.25, 0.3) is 0 Å². The van der Waals surface area contributed by atoms with Crippen molar-refractivity contribution >= 4 is 69.3 Å². The van der Waals surface area contributed by atoms with Crippen LogP contribution in [0.5, 0.6) is 0 Å². The monoisotopic (exact) mass is 672 g/mol. The first kappa shape index (κ1) is 31.7. The zero-order valence-corrected chi connectivity index (χ0v) is 27.1. The van der Waals surface area contributed by atoms with Crippen LogP contribution in [0.4, 0.5) is 9.59 Å². The Morgan fingerprint density at radius 2 is 0.909 bits per heavy atom. The predicted molar refractivity (Wildman–Crippen MR) is 172 cm³/mol. The summed E-state index contributed by atoms with van der Waals surface area (Å²) in [4.78, 5) is 61.7. The van der Waals surface area contributed by atoms with Crippen molar-refractivity contribution in [3.05, 3.63) is 89.6 Å². The van der Waals surface area contributed by atoms with Crippen molar-refractivity contribution in [2.24, 2.45) is 0 Å². The third-order valence-electron chi connectivity index (χ3n) is 6.75. The highest BCUT2D eigenvalue weighted by Gasteiger charge is 2.30. The van der Waals surface area contributed by atoms with E-state index >= 15 is 0 Å². The summed E-state index contributed by atoms with van der Waals surface area (Å²) in [6.07, 6.45) is -0.948. The summed E-state index contributed by atoms with van der Waals surface area (Å²) in [7, 11) is 0. The molecule has 0 unspecified atom stereocenters. The van der Waals surface area contributed by atoms with Crippen LogP contribution in [-0.4, -0.2) is 83.0 Å². The van der Waals surface area contributed by atoms with Crippen LogP contribution in [0.15, 0.2) is 70.1 Å². The zero-order valence-electron chi connectivity index (χ0n) is 23.9. The molecule has 1 aliphatic heterocycles. The van der Waals surface area contributed by atoms with Gasteiger partial charge in [0.05, 0.1) is 52.4 Å². The molecule has 0 atom stereocenters. The number of hydrogen-bond acceptors (Lipinski definition) is 10. The fourth-order valence-electron chi connectivity index (χ4n) is 4.51. The molecule has 4 aromatic rings. The average molecular weight is 673 g/mol. The van der Waals surface area contributed by atoms with Crippen molar-refractivity contribution in [3.63, 3.8) is 0 Å². The van der Waals surface area contributed by atoms with Crippen LogP contribution < -0.4 is 0 Å². The maximum atomic E-state index is 12.9. The molecule has 1 fully saturated rings. The van der Waals surface area contributed by atoms with Gasteiger partial charge in [-0.05, 0) is 45.8 Å². The largest absolute Gasteiger partial charge is 0.448 e. The second kappa shape index (κ2) is 15.8. The molecule has 0 radical (unpaired) electrons. The first-order chi connectivity index (χ1) is 21.4. The van der Waals surface area contributed by atoms with Crippen molar-refractivity contribution in [3.8, 4) is 0 Å². The number of rotatable bonds is 14. The van der Waals surface area contributed by atoms with Gasteiger partial charge in [0, 0.05) is 19.5 Å². The normalized spacial score (nSPS) is 13.3. The van der Waals surface area contributed by atoms with Crippen molar-refractivity contribution < 1.29 is 28.7 Å². The van der Waals surface area contributed by atoms with Crippen LogP contribution in [0.3, 0.4) is 0 Å². The molecule has 5 heterocycles. The molecule has 1 aliphatic rings. The Bertz CT molecular complexity index is 1290. The molecule has 1 saturated heterocycles. The molecule has 0 saturated carbocycles. The number of piperazine rings is 1. The third-order valence-corrected chi connectivity index (χ3v) is 10.2. The fourth-order valence-corrected chi connectivity index (χ4v) is 7.39. The number of carbonyl (C=O) groups excluding carboxylic acids is 4. The summed E-state index contributed by atoms with van der Waals surface area (Å²) in [5, 5.41) is 7.85. The molecule has 232 valence electrons. The van der Waals surface area contributed by atoms with E-state index in [0.29, 0.717) is 26.2 Å². The summed E-state index contributed by atoms with van der Waals surface area (Å²) in [5.74, 6) is -0.504. The molecule has 0 N–H and O–H groups in total. The number of nitrogens with zero attached hydrogens (tertiary/aromatic N) is 4. The van der Waals surface area contributed by atoms with E-state index in [1.165, 1.54) is 9.80 Å². The van der Waals surface area contributed by atoms with Crippen molar-refractivity contribution in [2.45, 2.75) is 26.2 Å². The van der Waals surface area contributed by atoms with Gasteiger partial charge in [0.15, 0.2) is 0 Å². The average Bonchev–Trinajstić information content (AvgIpc) is 3.84. The molecular weight excluding hydrogens is 641 g/mol. The van der Waals surface area contributed by atoms with Crippen molar-refractivity contribution in [1.29, 1.82) is 0 Å². The first-order valence-corrected chi connectivity index (χ1v) is 17.4. The molecule has 5 rings (SSSR count). The van der Waals surface area contributed by atoms with E-state index in [-0.39, 0.29) is 51.2 Å². The van der Waals surface area contributed by atoms with Crippen LogP contribution in [0, 0.1) is 0 Å². The fraction of sp³-hybridized carbons (Fsp3) is 0.333. The highest BCUT2D eigenvalue weighted by atomic mass is 32.1. The van der Waals surface area contributed by atoms with Gasteiger partial charge < -0.3 is 19.3 Å². The lowest BCUT2D eigenvalue weighted by Gasteiger charge is -2.34. The highest BCUT2D eigenvalue weighted by molar-refractivity contribution is 7.10. The zero-order chi connectivity index (χ0) is 30.7. The van der Waals surface area contributed by atoms with Gasteiger partial charge in [-0.1, -0.05) is 24.3 Å². The van der Waals surface area contributed by atoms with Crippen molar-refractivity contribution in [1.82, 2.24) is 19.6 Å². The predicted octanol–water partition coefficient (Wildman–Crippen LogP) is 5.58. The Labute approximate surface area is 271 Å². The number of carbonyl (C=O) groups is 4. The highest BCUT2D eigenvalue weighted by Crippen LogP contribution is 2.19. The van der Waals surface area contributed by atoms with Gasteiger partial charge in [-0.25, -0.2) is 9.59 Å². The topological polar surface area (TPSA) is 99.7 Å². The van der Waals surface area contributed by atoms with E-state index in [2.05, 4.69) is 0 Å². The summed E-state index contributed by atoms with van der Waals surface area (Å²) < 4.78 is 11.0. The Hall–Kier alpha value is -3.72. The molecule has 0 aliphatic carbocycles. The first-order valence-electron chi connectivity index (χ1n) is 13.9. The molecule has 10 nitrogen and oxygen atoms in total. The van der Waals surface area contributed by atoms with Gasteiger partial charge in [-0.15, -0.1) is 45.3 Å². The van der Waals surface area contributed by atoms with Crippen LogP contribution in [0.1, 0.15) is 19.5 Å². The van der Waals surface area contributed by atoms with Gasteiger partial charge in [0.25, 0.3) is 0 Å². The van der Waals surface area contributed by atoms with Crippen LogP contribution >= 0.6 is 45.3 Å². The molecule has 44 heavy (non-hydrogen) atoms. The molecule has 14 heteroatoms. The molecule has 0 aromatic carbocycles. The van der Waals surface area contributed by atoms with Gasteiger partial charge >= 0.3 is 12.2 Å². The lowest BCUT2D eigenvalue weighted by atomic mass is 10.3. The van der Waals surface area contributed by atoms with E-state index in [1.807, 2.05) is 70.1 Å². The number of amides is 4. The standard InChI is InChI=1S/C30H32N4O6S4/c35-27-22-32(10-12-40-30(38)34(19-25-7-3-15-43-25)20-26-8-4-16-44-26)28(36)21-31(27)9-11-39-29(37)33(17-23-5-1-13-41-23)18-24-6-2-14-42-24/h1-8,13-16H,9-12,17-22H2. The minimum Gasteiger partial charge on any atom is -0.448 e. The van der Waals surface area contributed by atoms with Gasteiger partial charge in [-0.2, -0.15) is 0 Å². The third kappa shape index (κ3) is 9.14. The maximum absolute atomic E-state index is 12.9. The summed E-state index contributed by atoms with van der Waals surface area (Å²) in [6.45, 7) is 1.64. The smallest absolute Gasteiger partial charge is 0.410 e. The lowest BCUT2D eigenvalue weighted by molar-refractivity contribution is -0.150. The maximum Gasteiger partial charge on any atom is 0.410 e. The Morgan fingerprint density at radius 3 is 1.18 bits per heavy atom. The van der Waals surface area contributed by atoms with E-state index in [9.17, 15) is 19.2 Å². The van der Waals surface area contributed by atoms with Gasteiger partial charge in [-0.3, -0.25) is 19.4 Å². The summed E-state index contributed by atoms with van der Waals surface area (Å²) in [5.41, 5.74) is 0. The second-order valence-corrected chi connectivity index (χ2v) is 14.0. The van der Waals surface area contributed by atoms with E-state index in [1.54, 1.807) is 55.1 Å². The summed E-state index contributed by atoms with van der Waals surface area (Å²) in [6, 6.07) is 15.6. The Balaban J connectivity index is 1.05. The second-order valence-electron chi connectivity index (χ2n) is 9.89. The lowest BCUT2D eigenvalue weighted by Crippen LogP contribution is -2.55. The SMILES string of the molecule is O=C1CN(CCOC(=O)N(Cc2cccs2)Cc2cccs2)C(=O)CN1CCOC(=O)N(Cc1cccs1)Cc1cccs1. The number of hydrogen-bond donors (Lipinski definition) is 0. The Kier molecular flexibility index (Phi) is 11.4. The molecule has 0 bridgehead atoms. The minimum absolute atomic E-state index is 0.0227. The van der Waals surface area contributed by atoms with E-state index in [0.717, 1.165) is 19.5 Å². The van der Waals surface area contributed by atoms with Gasteiger partial charge in [0.2, 0.25) is 11.8 Å². The van der Waals surface area contributed by atoms with E-state index in [4.69, 9.17) is 9.47 Å². The van der Waals surface area contributed by atoms with Crippen LogP contribution in [-0.2, 0) is 45.2 Å². The summed E-state index contributed by atoms with van der Waals surface area (Å²) >= 11 is 6.27. The number of thiophene rings is 4. The van der Waals surface area contributed by atoms with E-state index < -0.39 is 12.2 Å². The van der Waals surface area contributed by atoms with Crippen LogP contribution in [0.2, 0.25) is 0 Å². The Morgan fingerprint density at radius 1 is 0.591 bits per heavy atom. The molecule has 4 aromatic heterocycles. The molecule has 4 amide bonds. The van der Waals surface area contributed by atoms with Crippen molar-refractivity contribution in [2.75, 3.05) is 39.4 Å². The quantitative estimate of drug-likeness (QED) is 0.174. The molecular formula is C30H32N4O6S4. The number of ether oxygens (including phenoxy) is 2.